The molecule has 0 aromatic rings. The van der Waals surface area contributed by atoms with Gasteiger partial charge in [-0.25, -0.2) is 0 Å². The largest absolute Gasteiger partial charge is 0.394 e. The highest BCUT2D eigenvalue weighted by Crippen LogP contribution is 1.95. The lowest BCUT2D eigenvalue weighted by molar-refractivity contribution is 0.0327. The first-order chi connectivity index (χ1) is 7.41. The first-order valence-corrected chi connectivity index (χ1v) is 5.83. The predicted octanol–water partition coefficient (Wildman–Crippen LogP) is 2.15. The summed E-state index contributed by atoms with van der Waals surface area (Å²) in [6.07, 6.45) is 9.00. The lowest BCUT2D eigenvalue weighted by Crippen LogP contribution is -2.07. The molecule has 3 nitrogen and oxygen atoms in total. The van der Waals surface area contributed by atoms with Crippen LogP contribution < -0.4 is 0 Å². The van der Waals surface area contributed by atoms with Gasteiger partial charge in [0.15, 0.2) is 0 Å². The first kappa shape index (κ1) is 14.6. The summed E-state index contributed by atoms with van der Waals surface area (Å²) in [5.74, 6) is 0. The van der Waals surface area contributed by atoms with E-state index in [4.69, 9.17) is 14.6 Å². The summed E-state index contributed by atoms with van der Waals surface area (Å²) < 4.78 is 10.4. The molecule has 0 spiro atoms. The van der Waals surface area contributed by atoms with E-state index >= 15 is 0 Å². The van der Waals surface area contributed by atoms with Gasteiger partial charge in [-0.15, -0.1) is 0 Å². The third-order valence-electron chi connectivity index (χ3n) is 1.89. The fourth-order valence-corrected chi connectivity index (χ4v) is 1.09. The molecule has 0 amide bonds. The van der Waals surface area contributed by atoms with Crippen LogP contribution in [-0.2, 0) is 9.47 Å². The Morgan fingerprint density at radius 3 is 2.27 bits per heavy atom. The van der Waals surface area contributed by atoms with Gasteiger partial charge in [0, 0.05) is 6.61 Å². The minimum Gasteiger partial charge on any atom is -0.394 e. The van der Waals surface area contributed by atoms with Crippen molar-refractivity contribution in [1.29, 1.82) is 0 Å². The number of rotatable bonds is 11. The number of allylic oxidation sites excluding steroid dienone is 2. The first-order valence-electron chi connectivity index (χ1n) is 5.83. The number of aliphatic hydroxyl groups is 1. The molecule has 0 bridgehead atoms. The summed E-state index contributed by atoms with van der Waals surface area (Å²) in [7, 11) is 0. The third-order valence-corrected chi connectivity index (χ3v) is 1.89. The maximum Gasteiger partial charge on any atom is 0.0701 e. The molecule has 0 aliphatic rings. The number of ether oxygens (including phenoxy) is 2. The van der Waals surface area contributed by atoms with Crippen molar-refractivity contribution in [2.75, 3.05) is 33.0 Å². The second-order valence-electron chi connectivity index (χ2n) is 3.35. The molecule has 0 heterocycles. The highest BCUT2D eigenvalue weighted by Gasteiger charge is 1.88. The van der Waals surface area contributed by atoms with Gasteiger partial charge in [0.2, 0.25) is 0 Å². The molecule has 0 saturated heterocycles. The molecular weight excluding hydrogens is 192 g/mol. The van der Waals surface area contributed by atoms with E-state index in [0.29, 0.717) is 19.8 Å². The highest BCUT2D eigenvalue weighted by atomic mass is 16.5. The zero-order valence-electron chi connectivity index (χ0n) is 9.78. The molecule has 0 saturated carbocycles. The van der Waals surface area contributed by atoms with Crippen molar-refractivity contribution in [1.82, 2.24) is 0 Å². The van der Waals surface area contributed by atoms with Gasteiger partial charge in [-0.2, -0.15) is 0 Å². The smallest absolute Gasteiger partial charge is 0.0701 e. The van der Waals surface area contributed by atoms with Crippen molar-refractivity contribution < 1.29 is 14.6 Å². The van der Waals surface area contributed by atoms with Gasteiger partial charge in [-0.1, -0.05) is 25.5 Å². The molecule has 0 fully saturated rings. The molecule has 0 atom stereocenters. The summed E-state index contributed by atoms with van der Waals surface area (Å²) in [6, 6.07) is 0. The average molecular weight is 216 g/mol. The van der Waals surface area contributed by atoms with Gasteiger partial charge in [-0.3, -0.25) is 0 Å². The Labute approximate surface area is 93.1 Å². The van der Waals surface area contributed by atoms with Crippen LogP contribution in [0.3, 0.4) is 0 Å². The average Bonchev–Trinajstić information content (AvgIpc) is 2.26. The summed E-state index contributed by atoms with van der Waals surface area (Å²) in [6.45, 7) is 4.66. The SMILES string of the molecule is CCC/C=C\CCCOCCOCCO. The molecular formula is C12H24O3. The van der Waals surface area contributed by atoms with Crippen molar-refractivity contribution >= 4 is 0 Å². The number of aliphatic hydroxyl groups excluding tert-OH is 1. The Morgan fingerprint density at radius 1 is 0.933 bits per heavy atom. The van der Waals surface area contributed by atoms with E-state index in [1.807, 2.05) is 0 Å². The van der Waals surface area contributed by atoms with Crippen molar-refractivity contribution in [3.63, 3.8) is 0 Å². The van der Waals surface area contributed by atoms with Gasteiger partial charge < -0.3 is 14.6 Å². The van der Waals surface area contributed by atoms with Crippen molar-refractivity contribution in [3.05, 3.63) is 12.2 Å². The standard InChI is InChI=1S/C12H24O3/c1-2-3-4-5-6-7-9-14-11-12-15-10-8-13/h4-5,13H,2-3,6-12H2,1H3/b5-4-. The van der Waals surface area contributed by atoms with Crippen molar-refractivity contribution in [3.8, 4) is 0 Å². The zero-order valence-corrected chi connectivity index (χ0v) is 9.78. The molecule has 0 unspecified atom stereocenters. The maximum atomic E-state index is 8.44. The fourth-order valence-electron chi connectivity index (χ4n) is 1.09. The molecule has 90 valence electrons. The van der Waals surface area contributed by atoms with Crippen molar-refractivity contribution in [2.24, 2.45) is 0 Å². The topological polar surface area (TPSA) is 38.7 Å². The quantitative estimate of drug-likeness (QED) is 0.425. The van der Waals surface area contributed by atoms with Crippen molar-refractivity contribution in [2.45, 2.75) is 32.6 Å². The van der Waals surface area contributed by atoms with Crippen LogP contribution in [0.25, 0.3) is 0 Å². The minimum absolute atomic E-state index is 0.0855. The third kappa shape index (κ3) is 13.6. The molecule has 0 aromatic heterocycles. The minimum atomic E-state index is 0.0855. The molecule has 0 aliphatic heterocycles. The van der Waals surface area contributed by atoms with Gasteiger partial charge in [0.05, 0.1) is 26.4 Å². The Morgan fingerprint density at radius 2 is 1.60 bits per heavy atom. The fraction of sp³-hybridized carbons (Fsp3) is 0.833. The highest BCUT2D eigenvalue weighted by molar-refractivity contribution is 4.80. The Bertz CT molecular complexity index is 135. The molecule has 3 heteroatoms. The Kier molecular flexibility index (Phi) is 13.3. The van der Waals surface area contributed by atoms with Gasteiger partial charge in [0.25, 0.3) is 0 Å². The number of hydrogen-bond donors (Lipinski definition) is 1. The summed E-state index contributed by atoms with van der Waals surface area (Å²) in [5.41, 5.74) is 0. The molecule has 0 aliphatic carbocycles. The van der Waals surface area contributed by atoms with Crippen LogP contribution in [0.2, 0.25) is 0 Å². The van der Waals surface area contributed by atoms with Crippen LogP contribution in [-0.4, -0.2) is 38.1 Å². The van der Waals surface area contributed by atoms with Gasteiger partial charge >= 0.3 is 0 Å². The van der Waals surface area contributed by atoms with Crippen LogP contribution in [0, 0.1) is 0 Å². The van der Waals surface area contributed by atoms with E-state index in [-0.39, 0.29) is 6.61 Å². The molecule has 15 heavy (non-hydrogen) atoms. The second kappa shape index (κ2) is 13.6. The lowest BCUT2D eigenvalue weighted by atomic mass is 10.2. The van der Waals surface area contributed by atoms with E-state index in [1.165, 1.54) is 12.8 Å². The molecule has 1 N–H and O–H groups in total. The van der Waals surface area contributed by atoms with E-state index in [9.17, 15) is 0 Å². The van der Waals surface area contributed by atoms with Crippen LogP contribution in [0.1, 0.15) is 32.6 Å². The van der Waals surface area contributed by atoms with Crippen LogP contribution >= 0.6 is 0 Å². The Hall–Kier alpha value is -0.380. The van der Waals surface area contributed by atoms with E-state index in [1.54, 1.807) is 0 Å². The zero-order chi connectivity index (χ0) is 11.2. The van der Waals surface area contributed by atoms with Gasteiger partial charge in [-0.05, 0) is 19.3 Å². The molecule has 0 aromatic carbocycles. The van der Waals surface area contributed by atoms with E-state index in [2.05, 4.69) is 19.1 Å². The van der Waals surface area contributed by atoms with Crippen LogP contribution in [0.5, 0.6) is 0 Å². The maximum absolute atomic E-state index is 8.44. The predicted molar refractivity (Wildman–Crippen MR) is 62.0 cm³/mol. The number of unbranched alkanes of at least 4 members (excludes halogenated alkanes) is 2. The second-order valence-corrected chi connectivity index (χ2v) is 3.35. The monoisotopic (exact) mass is 216 g/mol. The van der Waals surface area contributed by atoms with Crippen LogP contribution in [0.4, 0.5) is 0 Å². The summed E-state index contributed by atoms with van der Waals surface area (Å²) in [5, 5.41) is 8.44. The van der Waals surface area contributed by atoms with Crippen LogP contribution in [0.15, 0.2) is 12.2 Å². The summed E-state index contributed by atoms with van der Waals surface area (Å²) >= 11 is 0. The Balaban J connectivity index is 2.92. The molecule has 0 rings (SSSR count). The van der Waals surface area contributed by atoms with Gasteiger partial charge in [0.1, 0.15) is 0 Å². The lowest BCUT2D eigenvalue weighted by Gasteiger charge is -2.03. The number of hydrogen-bond acceptors (Lipinski definition) is 3. The van der Waals surface area contributed by atoms with E-state index < -0.39 is 0 Å². The summed E-state index contributed by atoms with van der Waals surface area (Å²) in [4.78, 5) is 0. The van der Waals surface area contributed by atoms with E-state index in [0.717, 1.165) is 19.4 Å². The normalized spacial score (nSPS) is 11.3. The molecule has 0 radical (unpaired) electrons.